The van der Waals surface area contributed by atoms with Crippen LogP contribution in [0.15, 0.2) is 47.4 Å². The van der Waals surface area contributed by atoms with Crippen molar-refractivity contribution in [3.8, 4) is 0 Å². The molecule has 120 valence electrons. The normalized spacial score (nSPS) is 10.2. The van der Waals surface area contributed by atoms with Crippen LogP contribution in [-0.4, -0.2) is 24.7 Å². The number of carbonyl (C=O) groups is 2. The number of benzene rings is 2. The standard InChI is InChI=1S/C18H19NO3S/c1-4-22-18(21)13-6-5-7-14(10-13)19-17(20)16-11-15(23-3)9-8-12(16)2/h5-11H,4H2,1-3H3,(H,19,20). The number of rotatable bonds is 5. The highest BCUT2D eigenvalue weighted by molar-refractivity contribution is 7.98. The van der Waals surface area contributed by atoms with E-state index in [4.69, 9.17) is 4.74 Å². The monoisotopic (exact) mass is 329 g/mol. The first kappa shape index (κ1) is 17.1. The molecule has 0 saturated heterocycles. The van der Waals surface area contributed by atoms with Crippen molar-refractivity contribution in [1.29, 1.82) is 0 Å². The summed E-state index contributed by atoms with van der Waals surface area (Å²) in [6.45, 7) is 3.97. The number of thioether (sulfide) groups is 1. The van der Waals surface area contributed by atoms with Gasteiger partial charge in [0.15, 0.2) is 0 Å². The number of esters is 1. The highest BCUT2D eigenvalue weighted by Gasteiger charge is 2.12. The second kappa shape index (κ2) is 7.83. The van der Waals surface area contributed by atoms with Gasteiger partial charge in [0.2, 0.25) is 0 Å². The lowest BCUT2D eigenvalue weighted by Crippen LogP contribution is -2.14. The minimum Gasteiger partial charge on any atom is -0.462 e. The Hall–Kier alpha value is -2.27. The number of amides is 1. The molecule has 5 heteroatoms. The lowest BCUT2D eigenvalue weighted by molar-refractivity contribution is 0.0526. The number of nitrogens with one attached hydrogen (secondary N) is 1. The van der Waals surface area contributed by atoms with E-state index in [0.717, 1.165) is 10.5 Å². The van der Waals surface area contributed by atoms with Crippen LogP contribution in [-0.2, 0) is 4.74 Å². The number of hydrogen-bond acceptors (Lipinski definition) is 4. The van der Waals surface area contributed by atoms with Crippen LogP contribution in [0, 0.1) is 6.92 Å². The Morgan fingerprint density at radius 1 is 1.17 bits per heavy atom. The van der Waals surface area contributed by atoms with E-state index in [-0.39, 0.29) is 5.91 Å². The van der Waals surface area contributed by atoms with Gasteiger partial charge in [-0.15, -0.1) is 11.8 Å². The fourth-order valence-corrected chi connectivity index (χ4v) is 2.55. The molecule has 0 fully saturated rings. The molecule has 0 aromatic heterocycles. The second-order valence-electron chi connectivity index (χ2n) is 4.94. The fourth-order valence-electron chi connectivity index (χ4n) is 2.11. The number of anilines is 1. The van der Waals surface area contributed by atoms with Gasteiger partial charge in [-0.2, -0.15) is 0 Å². The molecule has 2 aromatic rings. The molecule has 0 heterocycles. The minimum absolute atomic E-state index is 0.195. The topological polar surface area (TPSA) is 55.4 Å². The van der Waals surface area contributed by atoms with Gasteiger partial charge in [0.1, 0.15) is 0 Å². The van der Waals surface area contributed by atoms with E-state index in [2.05, 4.69) is 5.32 Å². The van der Waals surface area contributed by atoms with Crippen LogP contribution in [0.3, 0.4) is 0 Å². The molecule has 4 nitrogen and oxygen atoms in total. The summed E-state index contributed by atoms with van der Waals surface area (Å²) in [7, 11) is 0. The zero-order valence-electron chi connectivity index (χ0n) is 13.4. The first-order valence-corrected chi connectivity index (χ1v) is 8.50. The number of hydrogen-bond donors (Lipinski definition) is 1. The molecule has 0 saturated carbocycles. The Bertz CT molecular complexity index is 728. The summed E-state index contributed by atoms with van der Waals surface area (Å²) in [5.74, 6) is -0.594. The molecule has 0 aliphatic rings. The Kier molecular flexibility index (Phi) is 5.82. The molecule has 0 spiro atoms. The largest absolute Gasteiger partial charge is 0.462 e. The van der Waals surface area contributed by atoms with Crippen LogP contribution < -0.4 is 5.32 Å². The highest BCUT2D eigenvalue weighted by Crippen LogP contribution is 2.20. The van der Waals surface area contributed by atoms with Crippen molar-refractivity contribution in [3.05, 3.63) is 59.2 Å². The van der Waals surface area contributed by atoms with Gasteiger partial charge in [0.25, 0.3) is 5.91 Å². The van der Waals surface area contributed by atoms with Gasteiger partial charge in [0, 0.05) is 16.1 Å². The van der Waals surface area contributed by atoms with Gasteiger partial charge < -0.3 is 10.1 Å². The average molecular weight is 329 g/mol. The molecule has 1 N–H and O–H groups in total. The lowest BCUT2D eigenvalue weighted by Gasteiger charge is -2.10. The first-order valence-electron chi connectivity index (χ1n) is 7.28. The fraction of sp³-hybridized carbons (Fsp3) is 0.222. The highest BCUT2D eigenvalue weighted by atomic mass is 32.2. The summed E-state index contributed by atoms with van der Waals surface area (Å²) in [4.78, 5) is 25.3. The third-order valence-corrected chi connectivity index (χ3v) is 4.05. The van der Waals surface area contributed by atoms with Crippen LogP contribution in [0.1, 0.15) is 33.2 Å². The van der Waals surface area contributed by atoms with E-state index >= 15 is 0 Å². The summed E-state index contributed by atoms with van der Waals surface area (Å²) in [6, 6.07) is 12.5. The molecule has 2 rings (SSSR count). The molecule has 2 aromatic carbocycles. The zero-order chi connectivity index (χ0) is 16.8. The molecule has 23 heavy (non-hydrogen) atoms. The van der Waals surface area contributed by atoms with Gasteiger partial charge in [-0.05, 0) is 56.0 Å². The Balaban J connectivity index is 2.20. The minimum atomic E-state index is -0.399. The molecule has 1 amide bonds. The van der Waals surface area contributed by atoms with Gasteiger partial charge in [-0.1, -0.05) is 12.1 Å². The maximum absolute atomic E-state index is 12.5. The van der Waals surface area contributed by atoms with Crippen molar-refractivity contribution in [1.82, 2.24) is 0 Å². The second-order valence-corrected chi connectivity index (χ2v) is 5.82. The van der Waals surface area contributed by atoms with Crippen molar-refractivity contribution >= 4 is 29.3 Å². The van der Waals surface area contributed by atoms with Crippen LogP contribution in [0.5, 0.6) is 0 Å². The molecule has 0 aliphatic carbocycles. The summed E-state index contributed by atoms with van der Waals surface area (Å²) in [6.07, 6.45) is 1.97. The van der Waals surface area contributed by atoms with Gasteiger partial charge in [0.05, 0.1) is 12.2 Å². The van der Waals surface area contributed by atoms with Crippen LogP contribution in [0.2, 0.25) is 0 Å². The predicted octanol–water partition coefficient (Wildman–Crippen LogP) is 4.15. The smallest absolute Gasteiger partial charge is 0.338 e. The molecule has 0 aliphatic heterocycles. The first-order chi connectivity index (χ1) is 11.0. The summed E-state index contributed by atoms with van der Waals surface area (Å²) in [5, 5.41) is 2.83. The maximum Gasteiger partial charge on any atom is 0.338 e. The lowest BCUT2D eigenvalue weighted by atomic mass is 10.1. The van der Waals surface area contributed by atoms with Crippen molar-refractivity contribution in [3.63, 3.8) is 0 Å². The van der Waals surface area contributed by atoms with E-state index < -0.39 is 5.97 Å². The molecular formula is C18H19NO3S. The average Bonchev–Trinajstić information content (AvgIpc) is 2.55. The van der Waals surface area contributed by atoms with Gasteiger partial charge >= 0.3 is 5.97 Å². The van der Waals surface area contributed by atoms with E-state index in [0.29, 0.717) is 23.4 Å². The van der Waals surface area contributed by atoms with Crippen molar-refractivity contribution in [2.75, 3.05) is 18.2 Å². The molecule has 0 bridgehead atoms. The molecular weight excluding hydrogens is 310 g/mol. The number of carbonyl (C=O) groups excluding carboxylic acids is 2. The van der Waals surface area contributed by atoms with E-state index in [1.54, 1.807) is 43.0 Å². The number of aryl methyl sites for hydroxylation is 1. The Labute approximate surface area is 140 Å². The summed E-state index contributed by atoms with van der Waals surface area (Å²) >= 11 is 1.59. The van der Waals surface area contributed by atoms with Crippen molar-refractivity contribution in [2.45, 2.75) is 18.7 Å². The Morgan fingerprint density at radius 3 is 2.65 bits per heavy atom. The molecule has 0 unspecified atom stereocenters. The maximum atomic E-state index is 12.5. The SMILES string of the molecule is CCOC(=O)c1cccc(NC(=O)c2cc(SC)ccc2C)c1. The predicted molar refractivity (Wildman–Crippen MR) is 93.3 cm³/mol. The van der Waals surface area contributed by atoms with Crippen molar-refractivity contribution < 1.29 is 14.3 Å². The third-order valence-electron chi connectivity index (χ3n) is 3.32. The van der Waals surface area contributed by atoms with Gasteiger partial charge in [-0.3, -0.25) is 4.79 Å². The zero-order valence-corrected chi connectivity index (χ0v) is 14.2. The van der Waals surface area contributed by atoms with E-state index in [9.17, 15) is 9.59 Å². The number of ether oxygens (including phenoxy) is 1. The Morgan fingerprint density at radius 2 is 1.96 bits per heavy atom. The third kappa shape index (κ3) is 4.36. The summed E-state index contributed by atoms with van der Waals surface area (Å²) in [5.41, 5.74) is 2.51. The van der Waals surface area contributed by atoms with E-state index in [1.807, 2.05) is 31.4 Å². The van der Waals surface area contributed by atoms with Gasteiger partial charge in [-0.25, -0.2) is 4.79 Å². The molecule has 0 radical (unpaired) electrons. The quantitative estimate of drug-likeness (QED) is 0.661. The molecule has 0 atom stereocenters. The summed E-state index contributed by atoms with van der Waals surface area (Å²) < 4.78 is 4.97. The van der Waals surface area contributed by atoms with Crippen molar-refractivity contribution in [2.24, 2.45) is 0 Å². The van der Waals surface area contributed by atoms with Crippen LogP contribution in [0.25, 0.3) is 0 Å². The van der Waals surface area contributed by atoms with Crippen LogP contribution >= 0.6 is 11.8 Å². The van der Waals surface area contributed by atoms with Crippen LogP contribution in [0.4, 0.5) is 5.69 Å². The van der Waals surface area contributed by atoms with E-state index in [1.165, 1.54) is 0 Å².